The fourth-order valence-electron chi connectivity index (χ4n) is 3.05. The lowest BCUT2D eigenvalue weighted by Crippen LogP contribution is -2.03. The van der Waals surface area contributed by atoms with Crippen molar-refractivity contribution in [3.05, 3.63) is 54.4 Å². The van der Waals surface area contributed by atoms with Crippen LogP contribution in [0.3, 0.4) is 0 Å². The zero-order chi connectivity index (χ0) is 18.7. The molecule has 0 saturated carbocycles. The Balaban J connectivity index is 0.000000286. The number of fused-ring (bicyclic) bond motifs is 5. The number of aromatic nitrogens is 3. The lowest BCUT2D eigenvalue weighted by molar-refractivity contribution is 0.544. The van der Waals surface area contributed by atoms with E-state index in [4.69, 9.17) is 9.97 Å². The van der Waals surface area contributed by atoms with Crippen LogP contribution in [0.5, 0.6) is 0 Å². The lowest BCUT2D eigenvalue weighted by atomic mass is 10.1. The molecule has 0 aliphatic carbocycles. The van der Waals surface area contributed by atoms with Gasteiger partial charge in [-0.05, 0) is 30.2 Å². The van der Waals surface area contributed by atoms with Crippen LogP contribution in [-0.2, 0) is 0 Å². The Bertz CT molecular complexity index is 1010. The van der Waals surface area contributed by atoms with E-state index in [-0.39, 0.29) is 0 Å². The molecule has 2 aromatic heterocycles. The first kappa shape index (κ1) is 18.4. The van der Waals surface area contributed by atoms with E-state index in [0.29, 0.717) is 5.92 Å². The van der Waals surface area contributed by atoms with Crippen molar-refractivity contribution in [2.24, 2.45) is 5.92 Å². The van der Waals surface area contributed by atoms with Crippen LogP contribution < -0.4 is 0 Å². The quantitative estimate of drug-likeness (QED) is 0.418. The van der Waals surface area contributed by atoms with Gasteiger partial charge in [-0.1, -0.05) is 71.7 Å². The molecule has 4 rings (SSSR count). The van der Waals surface area contributed by atoms with Gasteiger partial charge in [0.15, 0.2) is 0 Å². The average Bonchev–Trinajstić information content (AvgIpc) is 3.07. The molecule has 0 N–H and O–H groups in total. The summed E-state index contributed by atoms with van der Waals surface area (Å²) in [6, 6.07) is 16.5. The number of hydrogen-bond donors (Lipinski definition) is 0. The molecule has 0 saturated heterocycles. The second-order valence-corrected chi connectivity index (χ2v) is 7.32. The highest BCUT2D eigenvalue weighted by Gasteiger charge is 2.15. The van der Waals surface area contributed by atoms with Crippen molar-refractivity contribution in [1.82, 2.24) is 14.4 Å². The number of hydrogen-bond acceptors (Lipinski definition) is 2. The number of benzene rings is 2. The summed E-state index contributed by atoms with van der Waals surface area (Å²) in [7, 11) is 0. The fraction of sp³-hybridized carbons (Fsp3) is 0.391. The van der Waals surface area contributed by atoms with E-state index in [1.165, 1.54) is 12.8 Å². The van der Waals surface area contributed by atoms with Crippen LogP contribution in [0.15, 0.2) is 48.5 Å². The molecule has 2 heterocycles. The van der Waals surface area contributed by atoms with Crippen LogP contribution in [0, 0.1) is 5.92 Å². The molecule has 0 amide bonds. The Morgan fingerprint density at radius 1 is 0.808 bits per heavy atom. The smallest absolute Gasteiger partial charge is 0.148 e. The molecule has 0 bridgehead atoms. The lowest BCUT2D eigenvalue weighted by Gasteiger charge is -2.11. The van der Waals surface area contributed by atoms with Crippen LogP contribution in [0.4, 0.5) is 0 Å². The Kier molecular flexibility index (Phi) is 5.55. The standard InChI is InChI=1S/C17H15N3.C6H14/c1-11(2)16-18-13-8-4-3-7-12(13)17-19-14-9-5-6-10-15(14)20(16)17;1-4-6(3)5-2/h3-11H,1-2H3;6H,4-5H2,1-3H3. The molecule has 3 heteroatoms. The molecule has 0 fully saturated rings. The molecule has 4 aromatic rings. The summed E-state index contributed by atoms with van der Waals surface area (Å²) >= 11 is 0. The molecule has 0 aliphatic heterocycles. The van der Waals surface area contributed by atoms with E-state index in [9.17, 15) is 0 Å². The Hall–Kier alpha value is -2.42. The first-order valence-electron chi connectivity index (χ1n) is 9.72. The maximum absolute atomic E-state index is 4.85. The van der Waals surface area contributed by atoms with Crippen molar-refractivity contribution in [1.29, 1.82) is 0 Å². The zero-order valence-electron chi connectivity index (χ0n) is 16.5. The van der Waals surface area contributed by atoms with Crippen LogP contribution >= 0.6 is 0 Å². The minimum atomic E-state index is 0.347. The average molecular weight is 348 g/mol. The van der Waals surface area contributed by atoms with E-state index in [1.807, 2.05) is 18.2 Å². The third-order valence-electron chi connectivity index (χ3n) is 5.08. The van der Waals surface area contributed by atoms with E-state index in [1.54, 1.807) is 0 Å². The summed E-state index contributed by atoms with van der Waals surface area (Å²) in [5.41, 5.74) is 4.16. The second-order valence-electron chi connectivity index (χ2n) is 7.32. The number of para-hydroxylation sites is 3. The normalized spacial score (nSPS) is 11.5. The van der Waals surface area contributed by atoms with Crippen molar-refractivity contribution in [2.45, 2.75) is 53.4 Å². The Morgan fingerprint density at radius 3 is 2.04 bits per heavy atom. The number of rotatable bonds is 3. The third kappa shape index (κ3) is 3.44. The molecule has 0 atom stereocenters. The monoisotopic (exact) mass is 347 g/mol. The van der Waals surface area contributed by atoms with Crippen molar-refractivity contribution < 1.29 is 0 Å². The van der Waals surface area contributed by atoms with Gasteiger partial charge in [-0.25, -0.2) is 9.97 Å². The summed E-state index contributed by atoms with van der Waals surface area (Å²) < 4.78 is 2.20. The zero-order valence-corrected chi connectivity index (χ0v) is 16.5. The molecule has 3 nitrogen and oxygen atoms in total. The van der Waals surface area contributed by atoms with Gasteiger partial charge in [0.05, 0.1) is 16.6 Å². The van der Waals surface area contributed by atoms with Gasteiger partial charge in [-0.3, -0.25) is 4.40 Å². The molecule has 0 radical (unpaired) electrons. The predicted molar refractivity (Wildman–Crippen MR) is 112 cm³/mol. The minimum absolute atomic E-state index is 0.347. The van der Waals surface area contributed by atoms with Crippen molar-refractivity contribution in [3.8, 4) is 0 Å². The fourth-order valence-corrected chi connectivity index (χ4v) is 3.05. The van der Waals surface area contributed by atoms with Gasteiger partial charge in [-0.15, -0.1) is 0 Å². The Morgan fingerprint density at radius 2 is 1.42 bits per heavy atom. The van der Waals surface area contributed by atoms with Gasteiger partial charge in [0.2, 0.25) is 0 Å². The summed E-state index contributed by atoms with van der Waals surface area (Å²) in [6.45, 7) is 11.1. The first-order chi connectivity index (χ1) is 12.6. The maximum atomic E-state index is 4.85. The molecule has 2 aromatic carbocycles. The highest BCUT2D eigenvalue weighted by Crippen LogP contribution is 2.27. The summed E-state index contributed by atoms with van der Waals surface area (Å²) in [4.78, 5) is 9.66. The molecular formula is C23H29N3. The SMILES string of the molecule is CC(C)c1nc2ccccc2c2nc3ccccc3n12.CCC(C)CC. The Labute approximate surface area is 156 Å². The van der Waals surface area contributed by atoms with Crippen molar-refractivity contribution in [2.75, 3.05) is 0 Å². The van der Waals surface area contributed by atoms with Gasteiger partial charge < -0.3 is 0 Å². The second kappa shape index (κ2) is 7.86. The molecule has 26 heavy (non-hydrogen) atoms. The number of nitrogens with zero attached hydrogens (tertiary/aromatic N) is 3. The number of imidazole rings is 1. The van der Waals surface area contributed by atoms with E-state index < -0.39 is 0 Å². The van der Waals surface area contributed by atoms with Crippen LogP contribution in [0.2, 0.25) is 0 Å². The van der Waals surface area contributed by atoms with Crippen molar-refractivity contribution >= 4 is 27.6 Å². The van der Waals surface area contributed by atoms with Crippen LogP contribution in [0.1, 0.15) is 59.2 Å². The molecule has 0 spiro atoms. The molecule has 136 valence electrons. The highest BCUT2D eigenvalue weighted by atomic mass is 15.1. The summed E-state index contributed by atoms with van der Waals surface area (Å²) in [5, 5.41) is 1.10. The van der Waals surface area contributed by atoms with Gasteiger partial charge in [0.1, 0.15) is 11.5 Å². The van der Waals surface area contributed by atoms with Gasteiger partial charge in [0.25, 0.3) is 0 Å². The van der Waals surface area contributed by atoms with Crippen LogP contribution in [-0.4, -0.2) is 14.4 Å². The first-order valence-corrected chi connectivity index (χ1v) is 9.72. The van der Waals surface area contributed by atoms with E-state index >= 15 is 0 Å². The largest absolute Gasteiger partial charge is 0.280 e. The van der Waals surface area contributed by atoms with Gasteiger partial charge >= 0.3 is 0 Å². The van der Waals surface area contributed by atoms with Gasteiger partial charge in [0, 0.05) is 11.3 Å². The summed E-state index contributed by atoms with van der Waals surface area (Å²) in [6.07, 6.45) is 2.66. The van der Waals surface area contributed by atoms with E-state index in [0.717, 1.165) is 39.3 Å². The molecular weight excluding hydrogens is 318 g/mol. The summed E-state index contributed by atoms with van der Waals surface area (Å²) in [5.74, 6) is 2.34. The minimum Gasteiger partial charge on any atom is -0.280 e. The van der Waals surface area contributed by atoms with E-state index in [2.05, 4.69) is 69.4 Å². The highest BCUT2D eigenvalue weighted by molar-refractivity contribution is 5.96. The molecule has 0 unspecified atom stereocenters. The maximum Gasteiger partial charge on any atom is 0.148 e. The van der Waals surface area contributed by atoms with Crippen molar-refractivity contribution in [3.63, 3.8) is 0 Å². The third-order valence-corrected chi connectivity index (χ3v) is 5.08. The van der Waals surface area contributed by atoms with Crippen LogP contribution in [0.25, 0.3) is 27.6 Å². The van der Waals surface area contributed by atoms with Gasteiger partial charge in [-0.2, -0.15) is 0 Å². The topological polar surface area (TPSA) is 30.2 Å². The predicted octanol–water partition coefficient (Wildman–Crippen LogP) is 6.60. The molecule has 0 aliphatic rings.